The molecule has 0 amide bonds. The van der Waals surface area contributed by atoms with Crippen LogP contribution in [-0.2, 0) is 16.6 Å². The SMILES string of the molecule is Cc1cc(S(=O)(=O)NCCC2CC2)cc(CN)c1F. The molecule has 1 fully saturated rings. The largest absolute Gasteiger partial charge is 0.326 e. The monoisotopic (exact) mass is 286 g/mol. The zero-order chi connectivity index (χ0) is 14.0. The summed E-state index contributed by atoms with van der Waals surface area (Å²) in [5.41, 5.74) is 5.95. The van der Waals surface area contributed by atoms with E-state index in [9.17, 15) is 12.8 Å². The average molecular weight is 286 g/mol. The number of hydrogen-bond acceptors (Lipinski definition) is 3. The Kier molecular flexibility index (Phi) is 4.23. The van der Waals surface area contributed by atoms with Crippen molar-refractivity contribution in [1.29, 1.82) is 0 Å². The van der Waals surface area contributed by atoms with Crippen LogP contribution in [0.25, 0.3) is 0 Å². The number of nitrogens with one attached hydrogen (secondary N) is 1. The van der Waals surface area contributed by atoms with Gasteiger partial charge in [0.25, 0.3) is 0 Å². The van der Waals surface area contributed by atoms with Gasteiger partial charge in [0, 0.05) is 18.7 Å². The normalized spacial score (nSPS) is 15.7. The topological polar surface area (TPSA) is 72.2 Å². The molecule has 2 rings (SSSR count). The highest BCUT2D eigenvalue weighted by Gasteiger charge is 2.22. The number of rotatable bonds is 6. The molecule has 0 heterocycles. The predicted octanol–water partition coefficient (Wildman–Crippen LogP) is 1.67. The van der Waals surface area contributed by atoms with Crippen molar-refractivity contribution >= 4 is 10.0 Å². The number of halogens is 1. The van der Waals surface area contributed by atoms with Crippen molar-refractivity contribution in [3.05, 3.63) is 29.1 Å². The summed E-state index contributed by atoms with van der Waals surface area (Å²) in [6.07, 6.45) is 3.24. The molecule has 0 radical (unpaired) electrons. The second kappa shape index (κ2) is 5.56. The van der Waals surface area contributed by atoms with Gasteiger partial charge in [0.1, 0.15) is 5.82 Å². The summed E-state index contributed by atoms with van der Waals surface area (Å²) < 4.78 is 40.4. The van der Waals surface area contributed by atoms with Crippen LogP contribution in [-0.4, -0.2) is 15.0 Å². The van der Waals surface area contributed by atoms with Crippen LogP contribution in [0.4, 0.5) is 4.39 Å². The van der Waals surface area contributed by atoms with Crippen molar-refractivity contribution < 1.29 is 12.8 Å². The van der Waals surface area contributed by atoms with Crippen molar-refractivity contribution in [3.63, 3.8) is 0 Å². The van der Waals surface area contributed by atoms with E-state index in [1.807, 2.05) is 0 Å². The van der Waals surface area contributed by atoms with Gasteiger partial charge in [-0.15, -0.1) is 0 Å². The summed E-state index contributed by atoms with van der Waals surface area (Å²) in [5.74, 6) is 0.233. The van der Waals surface area contributed by atoms with Gasteiger partial charge in [-0.1, -0.05) is 12.8 Å². The van der Waals surface area contributed by atoms with Gasteiger partial charge in [-0.05, 0) is 37.0 Å². The van der Waals surface area contributed by atoms with E-state index in [4.69, 9.17) is 5.73 Å². The van der Waals surface area contributed by atoms with Crippen molar-refractivity contribution in [2.24, 2.45) is 11.7 Å². The molecule has 1 saturated carbocycles. The van der Waals surface area contributed by atoms with E-state index >= 15 is 0 Å². The zero-order valence-corrected chi connectivity index (χ0v) is 11.8. The highest BCUT2D eigenvalue weighted by Crippen LogP contribution is 2.31. The second-order valence-electron chi connectivity index (χ2n) is 5.05. The van der Waals surface area contributed by atoms with E-state index in [1.54, 1.807) is 0 Å². The first-order chi connectivity index (χ1) is 8.94. The van der Waals surface area contributed by atoms with Crippen LogP contribution in [0.15, 0.2) is 17.0 Å². The lowest BCUT2D eigenvalue weighted by molar-refractivity contribution is 0.572. The molecule has 0 spiro atoms. The quantitative estimate of drug-likeness (QED) is 0.835. The fraction of sp³-hybridized carbons (Fsp3) is 0.538. The van der Waals surface area contributed by atoms with Gasteiger partial charge in [-0.3, -0.25) is 0 Å². The summed E-state index contributed by atoms with van der Waals surface area (Å²) in [4.78, 5) is 0.0858. The fourth-order valence-electron chi connectivity index (χ4n) is 2.00. The maximum atomic E-state index is 13.6. The fourth-order valence-corrected chi connectivity index (χ4v) is 3.18. The Balaban J connectivity index is 2.16. The third kappa shape index (κ3) is 3.52. The first kappa shape index (κ1) is 14.4. The standard InChI is InChI=1S/C13H19FN2O2S/c1-9-6-12(7-11(8-15)13(9)14)19(17,18)16-5-4-10-2-3-10/h6-7,10,16H,2-5,8,15H2,1H3. The third-order valence-corrected chi connectivity index (χ3v) is 4.82. The summed E-state index contributed by atoms with van der Waals surface area (Å²) >= 11 is 0. The molecule has 106 valence electrons. The molecule has 1 aliphatic rings. The lowest BCUT2D eigenvalue weighted by Gasteiger charge is -2.10. The molecule has 6 heteroatoms. The first-order valence-corrected chi connectivity index (χ1v) is 7.91. The maximum absolute atomic E-state index is 13.6. The van der Waals surface area contributed by atoms with E-state index in [0.29, 0.717) is 18.0 Å². The number of nitrogens with two attached hydrogens (primary N) is 1. The van der Waals surface area contributed by atoms with Crippen LogP contribution in [0.5, 0.6) is 0 Å². The van der Waals surface area contributed by atoms with Crippen LogP contribution in [0, 0.1) is 18.7 Å². The molecular weight excluding hydrogens is 267 g/mol. The summed E-state index contributed by atoms with van der Waals surface area (Å²) in [7, 11) is -3.57. The lowest BCUT2D eigenvalue weighted by Crippen LogP contribution is -2.25. The molecule has 0 aliphatic heterocycles. The summed E-state index contributed by atoms with van der Waals surface area (Å²) in [6.45, 7) is 1.96. The molecule has 0 unspecified atom stereocenters. The number of hydrogen-bond donors (Lipinski definition) is 2. The van der Waals surface area contributed by atoms with Gasteiger partial charge in [0.05, 0.1) is 4.90 Å². The Morgan fingerprint density at radius 3 is 2.68 bits per heavy atom. The van der Waals surface area contributed by atoms with Crippen LogP contribution >= 0.6 is 0 Å². The summed E-state index contributed by atoms with van der Waals surface area (Å²) in [5, 5.41) is 0. The number of aryl methyl sites for hydroxylation is 1. The van der Waals surface area contributed by atoms with Gasteiger partial charge in [-0.2, -0.15) is 0 Å². The Bertz CT molecular complexity index is 568. The van der Waals surface area contributed by atoms with Crippen molar-refractivity contribution in [2.75, 3.05) is 6.54 Å². The third-order valence-electron chi connectivity index (χ3n) is 3.38. The van der Waals surface area contributed by atoms with Gasteiger partial charge in [0.15, 0.2) is 0 Å². The number of sulfonamides is 1. The minimum absolute atomic E-state index is 0.0158. The molecule has 1 aromatic carbocycles. The Hall–Kier alpha value is -0.980. The van der Waals surface area contributed by atoms with Crippen molar-refractivity contribution in [3.8, 4) is 0 Å². The van der Waals surface area contributed by atoms with E-state index in [1.165, 1.54) is 31.9 Å². The highest BCUT2D eigenvalue weighted by molar-refractivity contribution is 7.89. The minimum Gasteiger partial charge on any atom is -0.326 e. The van der Waals surface area contributed by atoms with Crippen LogP contribution < -0.4 is 10.5 Å². The predicted molar refractivity (Wildman–Crippen MR) is 71.6 cm³/mol. The van der Waals surface area contributed by atoms with E-state index in [-0.39, 0.29) is 17.0 Å². The second-order valence-corrected chi connectivity index (χ2v) is 6.81. The van der Waals surface area contributed by atoms with Gasteiger partial charge < -0.3 is 5.73 Å². The molecule has 0 bridgehead atoms. The van der Waals surface area contributed by atoms with Crippen LogP contribution in [0.2, 0.25) is 0 Å². The Morgan fingerprint density at radius 2 is 2.11 bits per heavy atom. The molecular formula is C13H19FN2O2S. The molecule has 1 aliphatic carbocycles. The average Bonchev–Trinajstić information content (AvgIpc) is 3.16. The minimum atomic E-state index is -3.57. The maximum Gasteiger partial charge on any atom is 0.240 e. The van der Waals surface area contributed by atoms with Gasteiger partial charge in [-0.25, -0.2) is 17.5 Å². The smallest absolute Gasteiger partial charge is 0.240 e. The molecule has 1 aromatic rings. The van der Waals surface area contributed by atoms with Gasteiger partial charge >= 0.3 is 0 Å². The molecule has 19 heavy (non-hydrogen) atoms. The van der Waals surface area contributed by atoms with Gasteiger partial charge in [0.2, 0.25) is 10.0 Å². The molecule has 0 atom stereocenters. The Labute approximate surface area is 113 Å². The van der Waals surface area contributed by atoms with E-state index in [2.05, 4.69) is 4.72 Å². The summed E-state index contributed by atoms with van der Waals surface area (Å²) in [6, 6.07) is 2.65. The molecule has 4 nitrogen and oxygen atoms in total. The molecule has 0 aromatic heterocycles. The lowest BCUT2D eigenvalue weighted by atomic mass is 10.1. The molecule has 3 N–H and O–H groups in total. The molecule has 0 saturated heterocycles. The van der Waals surface area contributed by atoms with Crippen molar-refractivity contribution in [1.82, 2.24) is 4.72 Å². The number of benzene rings is 1. The first-order valence-electron chi connectivity index (χ1n) is 6.43. The van der Waals surface area contributed by atoms with Crippen LogP contribution in [0.3, 0.4) is 0 Å². The van der Waals surface area contributed by atoms with Crippen molar-refractivity contribution in [2.45, 2.75) is 37.6 Å². The zero-order valence-electron chi connectivity index (χ0n) is 10.9. The highest BCUT2D eigenvalue weighted by atomic mass is 32.2. The van der Waals surface area contributed by atoms with E-state index in [0.717, 1.165) is 6.42 Å². The van der Waals surface area contributed by atoms with E-state index < -0.39 is 15.8 Å². The van der Waals surface area contributed by atoms with Crippen LogP contribution in [0.1, 0.15) is 30.4 Å². The Morgan fingerprint density at radius 1 is 1.42 bits per heavy atom.